The van der Waals surface area contributed by atoms with E-state index in [-0.39, 0.29) is 0 Å². The highest BCUT2D eigenvalue weighted by Gasteiger charge is 2.24. The molecule has 0 heterocycles. The van der Waals surface area contributed by atoms with Crippen molar-refractivity contribution in [1.29, 1.82) is 0 Å². The average Bonchev–Trinajstić information content (AvgIpc) is 1.99. The monoisotopic (exact) mass is 201 g/mol. The van der Waals surface area contributed by atoms with Gasteiger partial charge in [-0.15, -0.1) is 0 Å². The average molecular weight is 201 g/mol. The molecule has 0 saturated heterocycles. The van der Waals surface area contributed by atoms with E-state index in [2.05, 4.69) is 5.32 Å². The van der Waals surface area contributed by atoms with Crippen LogP contribution in [0.1, 0.15) is 20.8 Å². The molecule has 0 rings (SSSR count). The van der Waals surface area contributed by atoms with Crippen LogP contribution in [0.25, 0.3) is 0 Å². The summed E-state index contributed by atoms with van der Waals surface area (Å²) in [6, 6.07) is 0. The Morgan fingerprint density at radius 1 is 1.36 bits per heavy atom. The fourth-order valence-corrected chi connectivity index (χ4v) is 0.611. The molecule has 0 aliphatic carbocycles. The molecular weight excluding hydrogens is 186 g/mol. The van der Waals surface area contributed by atoms with Crippen molar-refractivity contribution >= 4 is 11.9 Å². The molecule has 1 unspecified atom stereocenters. The van der Waals surface area contributed by atoms with Gasteiger partial charge in [0.1, 0.15) is 0 Å². The molecule has 0 saturated carbocycles. The Bertz CT molecular complexity index is 256. The summed E-state index contributed by atoms with van der Waals surface area (Å²) in [7, 11) is 0. The van der Waals surface area contributed by atoms with Crippen LogP contribution in [0.3, 0.4) is 0 Å². The number of hydrogen-bond donors (Lipinski definition) is 3. The highest BCUT2D eigenvalue weighted by Crippen LogP contribution is 2.07. The Labute approximate surface area is 82.4 Å². The van der Waals surface area contributed by atoms with Gasteiger partial charge >= 0.3 is 5.97 Å². The molecule has 0 aromatic carbocycles. The minimum atomic E-state index is -1.19. The van der Waals surface area contributed by atoms with E-state index in [9.17, 15) is 14.7 Å². The van der Waals surface area contributed by atoms with E-state index in [1.54, 1.807) is 20.8 Å². The van der Waals surface area contributed by atoms with Gasteiger partial charge in [-0.1, -0.05) is 0 Å². The fourth-order valence-electron chi connectivity index (χ4n) is 0.611. The van der Waals surface area contributed by atoms with E-state index < -0.39 is 23.5 Å². The maximum absolute atomic E-state index is 11.1. The first-order valence-corrected chi connectivity index (χ1v) is 4.17. The van der Waals surface area contributed by atoms with Gasteiger partial charge in [-0.2, -0.15) is 0 Å². The summed E-state index contributed by atoms with van der Waals surface area (Å²) >= 11 is 0. The molecule has 14 heavy (non-hydrogen) atoms. The van der Waals surface area contributed by atoms with Gasteiger partial charge in [0.2, 0.25) is 5.91 Å². The predicted molar refractivity (Wildman–Crippen MR) is 50.7 cm³/mol. The highest BCUT2D eigenvalue weighted by molar-refractivity contribution is 5.94. The molecule has 0 fully saturated rings. The number of hydrogen-bond acceptors (Lipinski definition) is 3. The van der Waals surface area contributed by atoms with Crippen molar-refractivity contribution in [2.24, 2.45) is 0 Å². The highest BCUT2D eigenvalue weighted by atomic mass is 16.4. The number of carboxylic acid groups (broad SMARTS) is 1. The van der Waals surface area contributed by atoms with Crippen molar-refractivity contribution in [3.8, 4) is 0 Å². The SMILES string of the molecule is CC(O)C(C)(C)NC(=O)/C=C/C(=O)O. The molecule has 0 radical (unpaired) electrons. The lowest BCUT2D eigenvalue weighted by Gasteiger charge is -2.28. The Kier molecular flexibility index (Phi) is 4.30. The zero-order valence-electron chi connectivity index (χ0n) is 8.44. The third-order valence-corrected chi connectivity index (χ3v) is 1.87. The summed E-state index contributed by atoms with van der Waals surface area (Å²) in [4.78, 5) is 21.2. The number of carbonyl (C=O) groups is 2. The quantitative estimate of drug-likeness (QED) is 0.554. The number of rotatable bonds is 4. The molecule has 5 heteroatoms. The van der Waals surface area contributed by atoms with Crippen molar-refractivity contribution in [2.45, 2.75) is 32.4 Å². The molecule has 0 bridgehead atoms. The molecule has 1 atom stereocenters. The Morgan fingerprint density at radius 2 is 1.86 bits per heavy atom. The fraction of sp³-hybridized carbons (Fsp3) is 0.556. The van der Waals surface area contributed by atoms with Crippen LogP contribution in [-0.2, 0) is 9.59 Å². The van der Waals surface area contributed by atoms with Crippen LogP contribution in [0, 0.1) is 0 Å². The minimum Gasteiger partial charge on any atom is -0.478 e. The third-order valence-electron chi connectivity index (χ3n) is 1.87. The van der Waals surface area contributed by atoms with Crippen LogP contribution in [0.15, 0.2) is 12.2 Å². The number of carbonyl (C=O) groups excluding carboxylic acids is 1. The summed E-state index contributed by atoms with van der Waals surface area (Å²) in [5, 5.41) is 20.0. The Balaban J connectivity index is 4.26. The second-order valence-electron chi connectivity index (χ2n) is 3.56. The van der Waals surface area contributed by atoms with Gasteiger partial charge in [-0.3, -0.25) is 4.79 Å². The summed E-state index contributed by atoms with van der Waals surface area (Å²) in [6.45, 7) is 4.83. The molecular formula is C9H15NO4. The summed E-state index contributed by atoms with van der Waals surface area (Å²) in [5.41, 5.74) is -0.778. The summed E-state index contributed by atoms with van der Waals surface area (Å²) in [6.07, 6.45) is 0.935. The molecule has 0 aromatic heterocycles. The first kappa shape index (κ1) is 12.6. The van der Waals surface area contributed by atoms with Crippen molar-refractivity contribution in [3.05, 3.63) is 12.2 Å². The largest absolute Gasteiger partial charge is 0.478 e. The predicted octanol–water partition coefficient (Wildman–Crippen LogP) is -0.0972. The molecule has 5 nitrogen and oxygen atoms in total. The lowest BCUT2D eigenvalue weighted by molar-refractivity contribution is -0.131. The molecule has 80 valence electrons. The van der Waals surface area contributed by atoms with Gasteiger partial charge in [0.25, 0.3) is 0 Å². The van der Waals surface area contributed by atoms with Crippen LogP contribution in [-0.4, -0.2) is 33.7 Å². The van der Waals surface area contributed by atoms with Crippen molar-refractivity contribution < 1.29 is 19.8 Å². The van der Waals surface area contributed by atoms with Gasteiger partial charge in [-0.05, 0) is 20.8 Å². The van der Waals surface area contributed by atoms with Crippen molar-refractivity contribution in [1.82, 2.24) is 5.32 Å². The Morgan fingerprint density at radius 3 is 2.21 bits per heavy atom. The molecule has 1 amide bonds. The number of aliphatic hydroxyl groups is 1. The summed E-state index contributed by atoms with van der Waals surface area (Å²) < 4.78 is 0. The Hall–Kier alpha value is -1.36. The molecule has 0 aromatic rings. The number of carboxylic acids is 1. The number of nitrogens with one attached hydrogen (secondary N) is 1. The number of aliphatic carboxylic acids is 1. The lowest BCUT2D eigenvalue weighted by atomic mass is 9.99. The van der Waals surface area contributed by atoms with Gasteiger partial charge in [0, 0.05) is 12.2 Å². The van der Waals surface area contributed by atoms with E-state index in [4.69, 9.17) is 5.11 Å². The molecule has 3 N–H and O–H groups in total. The third kappa shape index (κ3) is 4.61. The van der Waals surface area contributed by atoms with Crippen molar-refractivity contribution in [3.63, 3.8) is 0 Å². The normalized spacial score (nSPS) is 14.0. The molecule has 0 aliphatic rings. The van der Waals surface area contributed by atoms with Gasteiger partial charge < -0.3 is 15.5 Å². The van der Waals surface area contributed by atoms with Crippen LogP contribution >= 0.6 is 0 Å². The van der Waals surface area contributed by atoms with E-state index in [1.807, 2.05) is 0 Å². The maximum atomic E-state index is 11.1. The molecule has 0 aliphatic heterocycles. The maximum Gasteiger partial charge on any atom is 0.328 e. The van der Waals surface area contributed by atoms with Gasteiger partial charge in [0.05, 0.1) is 11.6 Å². The summed E-state index contributed by atoms with van der Waals surface area (Å²) in [5.74, 6) is -1.73. The second-order valence-corrected chi connectivity index (χ2v) is 3.56. The smallest absolute Gasteiger partial charge is 0.328 e. The zero-order chi connectivity index (χ0) is 11.4. The van der Waals surface area contributed by atoms with E-state index in [1.165, 1.54) is 0 Å². The first-order valence-electron chi connectivity index (χ1n) is 4.17. The van der Waals surface area contributed by atoms with Crippen molar-refractivity contribution in [2.75, 3.05) is 0 Å². The zero-order valence-corrected chi connectivity index (χ0v) is 8.44. The minimum absolute atomic E-state index is 0.543. The van der Waals surface area contributed by atoms with Gasteiger partial charge in [0.15, 0.2) is 0 Å². The second kappa shape index (κ2) is 4.76. The van der Waals surface area contributed by atoms with Crippen LogP contribution in [0.2, 0.25) is 0 Å². The van der Waals surface area contributed by atoms with E-state index >= 15 is 0 Å². The number of aliphatic hydroxyl groups excluding tert-OH is 1. The van der Waals surface area contributed by atoms with Crippen LogP contribution < -0.4 is 5.32 Å². The first-order chi connectivity index (χ1) is 6.25. The number of amides is 1. The topological polar surface area (TPSA) is 86.6 Å². The van der Waals surface area contributed by atoms with Crippen LogP contribution in [0.5, 0.6) is 0 Å². The van der Waals surface area contributed by atoms with E-state index in [0.717, 1.165) is 12.2 Å². The standard InChI is InChI=1S/C9H15NO4/c1-6(11)9(2,3)10-7(12)4-5-8(13)14/h4-6,11H,1-3H3,(H,10,12)(H,13,14)/b5-4+. The van der Waals surface area contributed by atoms with E-state index in [0.29, 0.717) is 0 Å². The van der Waals surface area contributed by atoms with Gasteiger partial charge in [-0.25, -0.2) is 4.79 Å². The molecule has 0 spiro atoms. The van der Waals surface area contributed by atoms with Crippen LogP contribution in [0.4, 0.5) is 0 Å². The lowest BCUT2D eigenvalue weighted by Crippen LogP contribution is -2.50.